The van der Waals surface area contributed by atoms with Gasteiger partial charge in [0.25, 0.3) is 0 Å². The zero-order valence-electron chi connectivity index (χ0n) is 20.6. The predicted molar refractivity (Wildman–Crippen MR) is 144 cm³/mol. The van der Waals surface area contributed by atoms with Gasteiger partial charge in [-0.2, -0.15) is 0 Å². The van der Waals surface area contributed by atoms with Crippen LogP contribution in [-0.2, 0) is 26.5 Å². The van der Waals surface area contributed by atoms with Crippen LogP contribution in [0.4, 0.5) is 17.1 Å². The molecule has 0 N–H and O–H groups in total. The van der Waals surface area contributed by atoms with Gasteiger partial charge in [-0.05, 0) is 58.0 Å². The zero-order chi connectivity index (χ0) is 24.3. The summed E-state index contributed by atoms with van der Waals surface area (Å²) in [5.74, 6) is 0. The van der Waals surface area contributed by atoms with Gasteiger partial charge in [0.15, 0.2) is 0 Å². The van der Waals surface area contributed by atoms with E-state index in [1.54, 1.807) is 0 Å². The molecule has 36 heavy (non-hydrogen) atoms. The van der Waals surface area contributed by atoms with Crippen molar-refractivity contribution in [3.05, 3.63) is 127 Å². The van der Waals surface area contributed by atoms with Crippen LogP contribution in [0.15, 0.2) is 109 Å². The van der Waals surface area contributed by atoms with E-state index in [4.69, 9.17) is 0 Å². The van der Waals surface area contributed by atoms with Gasteiger partial charge in [-0.15, -0.1) is 59.7 Å². The van der Waals surface area contributed by atoms with Crippen molar-refractivity contribution in [3.8, 4) is 22.5 Å². The van der Waals surface area contributed by atoms with Crippen LogP contribution >= 0.6 is 0 Å². The molecular formula is C32H27N3Pt. The van der Waals surface area contributed by atoms with Crippen molar-refractivity contribution in [1.29, 1.82) is 0 Å². The van der Waals surface area contributed by atoms with Gasteiger partial charge in [0.05, 0.1) is 0 Å². The summed E-state index contributed by atoms with van der Waals surface area (Å²) in [6.45, 7) is 6.69. The van der Waals surface area contributed by atoms with E-state index in [1.807, 2.05) is 60.9 Å². The van der Waals surface area contributed by atoms with Gasteiger partial charge in [-0.3, -0.25) is 0 Å². The Morgan fingerprint density at radius 1 is 0.583 bits per heavy atom. The molecule has 0 amide bonds. The summed E-state index contributed by atoms with van der Waals surface area (Å²) >= 11 is 0. The molecule has 0 bridgehead atoms. The van der Waals surface area contributed by atoms with Crippen molar-refractivity contribution in [2.75, 3.05) is 4.90 Å². The number of anilines is 3. The van der Waals surface area contributed by atoms with E-state index in [-0.39, 0.29) is 26.5 Å². The van der Waals surface area contributed by atoms with Crippen molar-refractivity contribution >= 4 is 17.1 Å². The molecule has 0 spiro atoms. The van der Waals surface area contributed by atoms with E-state index < -0.39 is 0 Å². The molecule has 2 aromatic heterocycles. The summed E-state index contributed by atoms with van der Waals surface area (Å²) in [5, 5.41) is 0. The maximum Gasteiger partial charge on any atom is 2.00 e. The third-order valence-electron chi connectivity index (χ3n) is 5.91. The fourth-order valence-corrected chi connectivity index (χ4v) is 4.04. The van der Waals surface area contributed by atoms with Gasteiger partial charge in [0, 0.05) is 18.1 Å². The average molecular weight is 649 g/mol. The third kappa shape index (κ3) is 5.64. The fraction of sp³-hybridized carbons (Fsp3) is 0.125. The van der Waals surface area contributed by atoms with Gasteiger partial charge in [-0.25, -0.2) is 0 Å². The number of nitrogens with zero attached hydrogens (tertiary/aromatic N) is 3. The first kappa shape index (κ1) is 25.5. The van der Waals surface area contributed by atoms with Crippen molar-refractivity contribution in [3.63, 3.8) is 0 Å². The van der Waals surface area contributed by atoms with Crippen LogP contribution in [0.3, 0.4) is 0 Å². The zero-order valence-corrected chi connectivity index (χ0v) is 22.8. The number of hydrogen-bond donors (Lipinski definition) is 0. The number of rotatable bonds is 5. The second-order valence-electron chi connectivity index (χ2n) is 9.46. The summed E-state index contributed by atoms with van der Waals surface area (Å²) in [7, 11) is 0. The van der Waals surface area contributed by atoms with Crippen LogP contribution in [0.25, 0.3) is 22.5 Å². The number of aromatic nitrogens is 2. The summed E-state index contributed by atoms with van der Waals surface area (Å²) in [6.07, 6.45) is 3.62. The Morgan fingerprint density at radius 2 is 1.08 bits per heavy atom. The van der Waals surface area contributed by atoms with E-state index >= 15 is 0 Å². The number of pyridine rings is 2. The molecule has 0 saturated heterocycles. The molecular weight excluding hydrogens is 621 g/mol. The normalized spacial score (nSPS) is 11.0. The molecule has 0 unspecified atom stereocenters. The van der Waals surface area contributed by atoms with E-state index in [0.717, 1.165) is 39.6 Å². The molecule has 0 radical (unpaired) electrons. The number of hydrogen-bond acceptors (Lipinski definition) is 3. The van der Waals surface area contributed by atoms with Crippen LogP contribution < -0.4 is 4.90 Å². The third-order valence-corrected chi connectivity index (χ3v) is 5.91. The summed E-state index contributed by atoms with van der Waals surface area (Å²) < 4.78 is 0. The first-order valence-electron chi connectivity index (χ1n) is 11.8. The van der Waals surface area contributed by atoms with Crippen LogP contribution in [0.2, 0.25) is 0 Å². The largest absolute Gasteiger partial charge is 2.00 e. The van der Waals surface area contributed by atoms with Crippen molar-refractivity contribution in [1.82, 2.24) is 9.97 Å². The average Bonchev–Trinajstić information content (AvgIpc) is 2.90. The molecule has 0 aliphatic carbocycles. The summed E-state index contributed by atoms with van der Waals surface area (Å²) in [5.41, 5.74) is 7.93. The monoisotopic (exact) mass is 648 g/mol. The predicted octanol–water partition coefficient (Wildman–Crippen LogP) is 8.18. The maximum absolute atomic E-state index is 4.52. The smallest absolute Gasteiger partial charge is 0.346 e. The van der Waals surface area contributed by atoms with Crippen molar-refractivity contribution in [2.45, 2.75) is 26.2 Å². The summed E-state index contributed by atoms with van der Waals surface area (Å²) in [4.78, 5) is 11.2. The SMILES string of the molecule is CC(C)(C)c1ccc(N(c2[c-]c(-c3ccccn3)ccc2)c2[c-]c(-c3ccccn3)ccc2)cc1.[Pt+2]. The molecule has 5 rings (SSSR count). The molecule has 4 heteroatoms. The Bertz CT molecular complexity index is 1330. The Morgan fingerprint density at radius 3 is 1.50 bits per heavy atom. The molecule has 0 aliphatic rings. The molecule has 2 heterocycles. The van der Waals surface area contributed by atoms with Gasteiger partial charge in [0.2, 0.25) is 0 Å². The van der Waals surface area contributed by atoms with Crippen LogP contribution in [-0.4, -0.2) is 9.97 Å². The van der Waals surface area contributed by atoms with Gasteiger partial charge < -0.3 is 14.9 Å². The molecule has 0 aliphatic heterocycles. The molecule has 0 saturated carbocycles. The van der Waals surface area contributed by atoms with E-state index in [0.29, 0.717) is 0 Å². The number of benzene rings is 3. The molecule has 3 nitrogen and oxygen atoms in total. The molecule has 0 atom stereocenters. The van der Waals surface area contributed by atoms with E-state index in [2.05, 4.69) is 96.3 Å². The van der Waals surface area contributed by atoms with E-state index in [1.165, 1.54) is 5.56 Å². The first-order valence-corrected chi connectivity index (χ1v) is 11.8. The topological polar surface area (TPSA) is 29.0 Å². The molecule has 0 fully saturated rings. The standard InChI is InChI=1S/C32H27N3.Pt/c1-32(2,3)26-16-18-27(19-17-26)35(28-12-8-10-24(22-28)30-14-4-6-20-33-30)29-13-9-11-25(23-29)31-15-5-7-21-34-31;/h4-21H,1-3H3;/q-2;+2. The van der Waals surface area contributed by atoms with Gasteiger partial charge >= 0.3 is 21.1 Å². The van der Waals surface area contributed by atoms with Gasteiger partial charge in [-0.1, -0.05) is 57.2 Å². The molecule has 3 aromatic carbocycles. The minimum Gasteiger partial charge on any atom is -0.346 e. The van der Waals surface area contributed by atoms with Crippen LogP contribution in [0.1, 0.15) is 26.3 Å². The Balaban J connectivity index is 0.00000304. The maximum atomic E-state index is 4.52. The van der Waals surface area contributed by atoms with Crippen LogP contribution in [0.5, 0.6) is 0 Å². The molecule has 180 valence electrons. The van der Waals surface area contributed by atoms with Gasteiger partial charge in [0.1, 0.15) is 0 Å². The summed E-state index contributed by atoms with van der Waals surface area (Å²) in [6, 6.07) is 40.1. The van der Waals surface area contributed by atoms with Crippen molar-refractivity contribution < 1.29 is 21.1 Å². The molecule has 5 aromatic rings. The van der Waals surface area contributed by atoms with E-state index in [9.17, 15) is 0 Å². The second kappa shape index (κ2) is 11.0. The minimum absolute atomic E-state index is 0. The second-order valence-corrected chi connectivity index (χ2v) is 9.46. The quantitative estimate of drug-likeness (QED) is 0.180. The minimum atomic E-state index is 0. The first-order chi connectivity index (χ1) is 17.0. The Kier molecular flexibility index (Phi) is 7.81. The Hall–Kier alpha value is -3.55. The fourth-order valence-electron chi connectivity index (χ4n) is 4.04. The van der Waals surface area contributed by atoms with Crippen molar-refractivity contribution in [2.24, 2.45) is 0 Å². The van der Waals surface area contributed by atoms with Crippen LogP contribution in [0, 0.1) is 12.1 Å². The Labute approximate surface area is 228 Å².